The average molecular weight is 296 g/mol. The number of pyridine rings is 2. The molecule has 0 aliphatic heterocycles. The summed E-state index contributed by atoms with van der Waals surface area (Å²) in [5.41, 5.74) is 7.56. The molecule has 0 saturated heterocycles. The van der Waals surface area contributed by atoms with E-state index in [-0.39, 0.29) is 11.4 Å². The van der Waals surface area contributed by atoms with Gasteiger partial charge in [0.1, 0.15) is 11.5 Å². The Morgan fingerprint density at radius 2 is 1.91 bits per heavy atom. The Balaban J connectivity index is 2.04. The van der Waals surface area contributed by atoms with E-state index in [0.29, 0.717) is 16.5 Å². The second kappa shape index (κ2) is 5.40. The smallest absolute Gasteiger partial charge is 0.274 e. The third-order valence-electron chi connectivity index (χ3n) is 3.25. The van der Waals surface area contributed by atoms with E-state index in [4.69, 9.17) is 5.73 Å². The zero-order valence-electron chi connectivity index (χ0n) is 11.8. The van der Waals surface area contributed by atoms with Crippen molar-refractivity contribution in [2.75, 3.05) is 11.1 Å². The summed E-state index contributed by atoms with van der Waals surface area (Å²) < 4.78 is 13.6. The van der Waals surface area contributed by atoms with Gasteiger partial charge in [-0.2, -0.15) is 0 Å². The minimum absolute atomic E-state index is 0.123. The Morgan fingerprint density at radius 1 is 1.14 bits per heavy atom. The van der Waals surface area contributed by atoms with Crippen LogP contribution in [0.3, 0.4) is 0 Å². The SMILES string of the molecule is Cc1cc(NC(=O)c2nccc3c(N)cc(F)cc23)ccn1. The van der Waals surface area contributed by atoms with Crippen molar-refractivity contribution in [1.29, 1.82) is 0 Å². The molecule has 2 aromatic heterocycles. The number of nitrogen functional groups attached to an aromatic ring is 1. The van der Waals surface area contributed by atoms with Gasteiger partial charge in [-0.05, 0) is 37.3 Å². The Bertz CT molecular complexity index is 879. The molecule has 5 nitrogen and oxygen atoms in total. The van der Waals surface area contributed by atoms with E-state index in [1.54, 1.807) is 24.4 Å². The summed E-state index contributed by atoms with van der Waals surface area (Å²) in [6.45, 7) is 1.82. The maximum atomic E-state index is 13.6. The number of hydrogen-bond acceptors (Lipinski definition) is 4. The summed E-state index contributed by atoms with van der Waals surface area (Å²) >= 11 is 0. The number of aryl methyl sites for hydroxylation is 1. The van der Waals surface area contributed by atoms with Gasteiger partial charge in [0, 0.05) is 40.2 Å². The maximum absolute atomic E-state index is 13.6. The van der Waals surface area contributed by atoms with Gasteiger partial charge in [-0.1, -0.05) is 0 Å². The van der Waals surface area contributed by atoms with E-state index in [1.807, 2.05) is 6.92 Å². The van der Waals surface area contributed by atoms with Gasteiger partial charge in [0.25, 0.3) is 5.91 Å². The molecular formula is C16H13FN4O. The van der Waals surface area contributed by atoms with E-state index < -0.39 is 11.7 Å². The minimum atomic E-state index is -0.508. The van der Waals surface area contributed by atoms with Gasteiger partial charge in [-0.3, -0.25) is 14.8 Å². The standard InChI is InChI=1S/C16H13FN4O/c1-9-6-11(2-4-19-9)21-16(22)15-13-7-10(17)8-14(18)12(13)3-5-20-15/h2-8H,18H2,1H3,(H,19,21,22). The zero-order valence-corrected chi connectivity index (χ0v) is 11.8. The molecule has 0 fully saturated rings. The number of amides is 1. The Kier molecular flexibility index (Phi) is 3.42. The fraction of sp³-hybridized carbons (Fsp3) is 0.0625. The number of aromatic nitrogens is 2. The molecule has 1 aromatic carbocycles. The van der Waals surface area contributed by atoms with E-state index in [9.17, 15) is 9.18 Å². The van der Waals surface area contributed by atoms with Gasteiger partial charge in [0.05, 0.1) is 0 Å². The molecule has 0 bridgehead atoms. The van der Waals surface area contributed by atoms with Crippen molar-refractivity contribution in [3.63, 3.8) is 0 Å². The highest BCUT2D eigenvalue weighted by atomic mass is 19.1. The molecule has 0 unspecified atom stereocenters. The Labute approximate surface area is 126 Å². The van der Waals surface area contributed by atoms with E-state index in [0.717, 1.165) is 5.69 Å². The molecule has 0 radical (unpaired) electrons. The van der Waals surface area contributed by atoms with E-state index in [2.05, 4.69) is 15.3 Å². The molecule has 3 N–H and O–H groups in total. The first-order valence-electron chi connectivity index (χ1n) is 6.62. The molecule has 2 heterocycles. The zero-order chi connectivity index (χ0) is 15.7. The highest BCUT2D eigenvalue weighted by molar-refractivity contribution is 6.13. The number of halogens is 1. The summed E-state index contributed by atoms with van der Waals surface area (Å²) in [4.78, 5) is 20.5. The topological polar surface area (TPSA) is 80.9 Å². The lowest BCUT2D eigenvalue weighted by atomic mass is 10.1. The van der Waals surface area contributed by atoms with Crippen LogP contribution in [0.15, 0.2) is 42.7 Å². The molecule has 3 aromatic rings. The third kappa shape index (κ3) is 2.58. The van der Waals surface area contributed by atoms with Crippen LogP contribution in [0.1, 0.15) is 16.2 Å². The highest BCUT2D eigenvalue weighted by Gasteiger charge is 2.14. The van der Waals surface area contributed by atoms with Crippen LogP contribution in [0.25, 0.3) is 10.8 Å². The van der Waals surface area contributed by atoms with Crippen LogP contribution in [-0.2, 0) is 0 Å². The minimum Gasteiger partial charge on any atom is -0.398 e. The van der Waals surface area contributed by atoms with Gasteiger partial charge in [-0.15, -0.1) is 0 Å². The van der Waals surface area contributed by atoms with Gasteiger partial charge in [0.15, 0.2) is 0 Å². The molecule has 3 rings (SSSR count). The fourth-order valence-electron chi connectivity index (χ4n) is 2.27. The number of carbonyl (C=O) groups is 1. The lowest BCUT2D eigenvalue weighted by molar-refractivity contribution is 0.102. The van der Waals surface area contributed by atoms with Crippen LogP contribution in [-0.4, -0.2) is 15.9 Å². The number of hydrogen-bond donors (Lipinski definition) is 2. The van der Waals surface area contributed by atoms with Crippen molar-refractivity contribution in [1.82, 2.24) is 9.97 Å². The molecule has 1 amide bonds. The second-order valence-electron chi connectivity index (χ2n) is 4.89. The number of nitrogens with zero attached hydrogens (tertiary/aromatic N) is 2. The van der Waals surface area contributed by atoms with Crippen LogP contribution in [0.5, 0.6) is 0 Å². The maximum Gasteiger partial charge on any atom is 0.274 e. The van der Waals surface area contributed by atoms with Gasteiger partial charge in [-0.25, -0.2) is 4.39 Å². The van der Waals surface area contributed by atoms with Crippen molar-refractivity contribution < 1.29 is 9.18 Å². The summed E-state index contributed by atoms with van der Waals surface area (Å²) in [6, 6.07) is 7.53. The average Bonchev–Trinajstić information content (AvgIpc) is 2.46. The van der Waals surface area contributed by atoms with Gasteiger partial charge >= 0.3 is 0 Å². The number of carbonyl (C=O) groups excluding carboxylic acids is 1. The molecule has 0 aliphatic rings. The van der Waals surface area contributed by atoms with Crippen molar-refractivity contribution in [3.8, 4) is 0 Å². The summed E-state index contributed by atoms with van der Waals surface area (Å²) in [7, 11) is 0. The van der Waals surface area contributed by atoms with Crippen molar-refractivity contribution >= 4 is 28.1 Å². The summed E-state index contributed by atoms with van der Waals surface area (Å²) in [5.74, 6) is -0.937. The number of rotatable bonds is 2. The number of nitrogens with two attached hydrogens (primary N) is 1. The molecule has 6 heteroatoms. The molecule has 0 spiro atoms. The van der Waals surface area contributed by atoms with Crippen LogP contribution in [0.2, 0.25) is 0 Å². The number of fused-ring (bicyclic) bond motifs is 1. The largest absolute Gasteiger partial charge is 0.398 e. The lowest BCUT2D eigenvalue weighted by Crippen LogP contribution is -2.14. The molecule has 22 heavy (non-hydrogen) atoms. The van der Waals surface area contributed by atoms with Crippen LogP contribution >= 0.6 is 0 Å². The van der Waals surface area contributed by atoms with Gasteiger partial charge < -0.3 is 11.1 Å². The molecular weight excluding hydrogens is 283 g/mol. The number of benzene rings is 1. The van der Waals surface area contributed by atoms with Crippen molar-refractivity contribution in [2.24, 2.45) is 0 Å². The summed E-state index contributed by atoms with van der Waals surface area (Å²) in [6.07, 6.45) is 3.07. The first-order valence-corrected chi connectivity index (χ1v) is 6.62. The summed E-state index contributed by atoms with van der Waals surface area (Å²) in [5, 5.41) is 3.69. The van der Waals surface area contributed by atoms with Crippen LogP contribution in [0, 0.1) is 12.7 Å². The first-order chi connectivity index (χ1) is 10.5. The molecule has 0 saturated carbocycles. The molecule has 110 valence electrons. The number of anilines is 2. The predicted octanol–water partition coefficient (Wildman–Crippen LogP) is 2.91. The van der Waals surface area contributed by atoms with Gasteiger partial charge in [0.2, 0.25) is 0 Å². The Hall–Kier alpha value is -3.02. The molecule has 0 aliphatic carbocycles. The van der Waals surface area contributed by atoms with Crippen molar-refractivity contribution in [2.45, 2.75) is 6.92 Å². The predicted molar refractivity (Wildman–Crippen MR) is 83.0 cm³/mol. The fourth-order valence-corrected chi connectivity index (χ4v) is 2.27. The van der Waals surface area contributed by atoms with E-state index in [1.165, 1.54) is 18.3 Å². The normalized spacial score (nSPS) is 10.6. The first kappa shape index (κ1) is 13.9. The van der Waals surface area contributed by atoms with E-state index >= 15 is 0 Å². The monoisotopic (exact) mass is 296 g/mol. The second-order valence-corrected chi connectivity index (χ2v) is 4.89. The third-order valence-corrected chi connectivity index (χ3v) is 3.25. The lowest BCUT2D eigenvalue weighted by Gasteiger charge is -2.09. The highest BCUT2D eigenvalue weighted by Crippen LogP contribution is 2.25. The number of nitrogens with one attached hydrogen (secondary N) is 1. The van der Waals surface area contributed by atoms with Crippen LogP contribution < -0.4 is 11.1 Å². The molecule has 0 atom stereocenters. The quantitative estimate of drug-likeness (QED) is 0.712. The Morgan fingerprint density at radius 3 is 2.68 bits per heavy atom. The van der Waals surface area contributed by atoms with Crippen LogP contribution in [0.4, 0.5) is 15.8 Å². The van der Waals surface area contributed by atoms with Crippen molar-refractivity contribution in [3.05, 3.63) is 59.9 Å².